The number of piperazine rings is 1. The van der Waals surface area contributed by atoms with E-state index in [0.717, 1.165) is 97.3 Å². The molecule has 3 fully saturated rings. The number of fused-ring (bicyclic) bond motifs is 2. The maximum atomic E-state index is 13.3. The lowest BCUT2D eigenvalue weighted by atomic mass is 9.91. The third-order valence-electron chi connectivity index (χ3n) is 13.0. The average molecular weight is 912 g/mol. The van der Waals surface area contributed by atoms with E-state index in [1.165, 1.54) is 11.8 Å². The molecule has 1 atom stereocenters. The highest BCUT2D eigenvalue weighted by molar-refractivity contribution is 6.25. The standard InChI is InChI=1S/C49H54N10O8/c50-45-44-38(32-9-15-36(16-10-32)67-35-5-2-1-3-6-35)30-58(46(44)54-31-53-45)34-13-11-33(12-14-34)57-22-20-56(21-23-57)24-26-66-28-27-65-25-19-51-42(61)29-52-39-8-4-7-37-43(39)49(64)59(48(37)63)40-17-18-41(60)55-47(40)62/h1-10,15-16,30-31,33,40H,11-14,17-29H2,(H4-,50,51,52,53,54,55,60,61,62,64)/p+1. The van der Waals surface area contributed by atoms with Crippen molar-refractivity contribution in [3.8, 4) is 11.5 Å². The van der Waals surface area contributed by atoms with E-state index in [0.29, 0.717) is 44.0 Å². The van der Waals surface area contributed by atoms with Crippen molar-refractivity contribution in [1.29, 1.82) is 0 Å². The van der Waals surface area contributed by atoms with E-state index in [1.54, 1.807) is 18.5 Å². The first-order valence-electron chi connectivity index (χ1n) is 23.0. The van der Waals surface area contributed by atoms with Crippen molar-refractivity contribution in [2.45, 2.75) is 50.6 Å². The van der Waals surface area contributed by atoms with E-state index >= 15 is 0 Å². The maximum Gasteiger partial charge on any atom is 0.341 e. The molecule has 5 N–H and O–H groups in total. The van der Waals surface area contributed by atoms with E-state index < -0.39 is 29.7 Å². The number of carbonyl (C=O) groups excluding carboxylic acids is 5. The minimum absolute atomic E-state index is 0.0315. The summed E-state index contributed by atoms with van der Waals surface area (Å²) in [7, 11) is 0. The first kappa shape index (κ1) is 45.3. The van der Waals surface area contributed by atoms with Crippen molar-refractivity contribution < 1.29 is 42.8 Å². The fourth-order valence-corrected chi connectivity index (χ4v) is 9.44. The Bertz CT molecular complexity index is 2570. The van der Waals surface area contributed by atoms with Gasteiger partial charge in [-0.1, -0.05) is 36.4 Å². The van der Waals surface area contributed by atoms with E-state index in [2.05, 4.69) is 53.6 Å². The molecule has 2 saturated heterocycles. The number of nitrogens with one attached hydrogen (secondary N) is 3. The smallest absolute Gasteiger partial charge is 0.341 e. The molecule has 1 unspecified atom stereocenters. The monoisotopic (exact) mass is 911 g/mol. The van der Waals surface area contributed by atoms with Gasteiger partial charge in [-0.05, 0) is 66.2 Å². The Kier molecular flexibility index (Phi) is 14.0. The van der Waals surface area contributed by atoms with E-state index in [4.69, 9.17) is 24.9 Å². The number of piperidine rings is 1. The maximum absolute atomic E-state index is 13.3. The van der Waals surface area contributed by atoms with Crippen LogP contribution in [0.4, 0.5) is 17.3 Å². The second-order valence-electron chi connectivity index (χ2n) is 17.1. The quantitative estimate of drug-likeness (QED) is 0.0678. The molecule has 9 rings (SSSR count). The minimum atomic E-state index is -1.07. The molecule has 4 aliphatic heterocycles. The van der Waals surface area contributed by atoms with E-state index in [9.17, 15) is 24.0 Å². The molecule has 0 bridgehead atoms. The van der Waals surface area contributed by atoms with Crippen molar-refractivity contribution in [3.63, 3.8) is 0 Å². The van der Waals surface area contributed by atoms with E-state index in [1.807, 2.05) is 42.5 Å². The molecule has 5 amide bonds. The van der Waals surface area contributed by atoms with Gasteiger partial charge in [0.25, 0.3) is 11.8 Å². The summed E-state index contributed by atoms with van der Waals surface area (Å²) in [6, 6.07) is 22.0. The molecular formula is C49H55N10O8+. The van der Waals surface area contributed by atoms with Crippen molar-refractivity contribution in [1.82, 2.24) is 35.3 Å². The van der Waals surface area contributed by atoms with Crippen LogP contribution in [0, 0.1) is 0 Å². The molecular weight excluding hydrogens is 857 g/mol. The first-order chi connectivity index (χ1) is 32.7. The van der Waals surface area contributed by atoms with Gasteiger partial charge in [-0.3, -0.25) is 44.0 Å². The summed E-state index contributed by atoms with van der Waals surface area (Å²) in [5.74, 6) is 0.175. The zero-order valence-electron chi connectivity index (χ0n) is 37.3. The number of benzene rings is 3. The van der Waals surface area contributed by atoms with Gasteiger partial charge in [-0.2, -0.15) is 4.98 Å². The summed E-state index contributed by atoms with van der Waals surface area (Å²) in [4.78, 5) is 77.9. The van der Waals surface area contributed by atoms with Gasteiger partial charge in [0, 0.05) is 75.8 Å². The Balaban J connectivity index is 0.644. The topological polar surface area (TPSA) is 214 Å². The summed E-state index contributed by atoms with van der Waals surface area (Å²) in [5.41, 5.74) is 11.3. The van der Waals surface area contributed by atoms with Crippen LogP contribution in [0.2, 0.25) is 0 Å². The summed E-state index contributed by atoms with van der Waals surface area (Å²) in [6.07, 6.45) is 7.97. The number of hydrogen-bond acceptors (Lipinski definition) is 14. The predicted octanol–water partition coefficient (Wildman–Crippen LogP) is 3.56. The van der Waals surface area contributed by atoms with Gasteiger partial charge in [-0.15, -0.1) is 0 Å². The molecule has 348 valence electrons. The number of amides is 5. The molecule has 67 heavy (non-hydrogen) atoms. The SMILES string of the molecule is Nc1ncnc2c1C(c1ccc(Oc3ccccc3)cc1)=C[N+]2=C1CCC(N2CCN(CCOCCOCCNC(=O)CNc3cccc4c3C(=O)N(C3CCC(=O)NC3=O)C4=O)CC2)CC1. The zero-order valence-corrected chi connectivity index (χ0v) is 37.3. The number of para-hydroxylation sites is 1. The summed E-state index contributed by atoms with van der Waals surface area (Å²) in [6.45, 7) is 6.83. The predicted molar refractivity (Wildman–Crippen MR) is 248 cm³/mol. The summed E-state index contributed by atoms with van der Waals surface area (Å²) in [5, 5.41) is 7.90. The van der Waals surface area contributed by atoms with Crippen LogP contribution >= 0.6 is 0 Å². The third kappa shape index (κ3) is 10.3. The van der Waals surface area contributed by atoms with Crippen LogP contribution in [-0.4, -0.2) is 149 Å². The highest BCUT2D eigenvalue weighted by Crippen LogP contribution is 2.41. The minimum Gasteiger partial charge on any atom is -0.457 e. The second-order valence-corrected chi connectivity index (χ2v) is 17.1. The normalized spacial score (nSPS) is 19.8. The van der Waals surface area contributed by atoms with Crippen molar-refractivity contribution in [2.75, 3.05) is 83.3 Å². The summed E-state index contributed by atoms with van der Waals surface area (Å²) < 4.78 is 19.8. The zero-order chi connectivity index (χ0) is 46.3. The number of rotatable bonds is 17. The first-order valence-corrected chi connectivity index (χ1v) is 23.0. The Labute approximate surface area is 388 Å². The van der Waals surface area contributed by atoms with Crippen LogP contribution in [0.5, 0.6) is 11.5 Å². The summed E-state index contributed by atoms with van der Waals surface area (Å²) >= 11 is 0. The number of ether oxygens (including phenoxy) is 3. The van der Waals surface area contributed by atoms with E-state index in [-0.39, 0.29) is 43.0 Å². The van der Waals surface area contributed by atoms with Crippen LogP contribution in [-0.2, 0) is 23.9 Å². The molecule has 0 radical (unpaired) electrons. The van der Waals surface area contributed by atoms with Crippen LogP contribution in [0.3, 0.4) is 0 Å². The molecule has 1 aliphatic carbocycles. The number of carbonyl (C=O) groups is 5. The largest absolute Gasteiger partial charge is 0.457 e. The Morgan fingerprint density at radius 2 is 1.54 bits per heavy atom. The number of nitrogens with zero attached hydrogens (tertiary/aromatic N) is 6. The highest BCUT2D eigenvalue weighted by atomic mass is 16.5. The number of aromatic nitrogens is 2. The lowest BCUT2D eigenvalue weighted by Gasteiger charge is -2.40. The van der Waals surface area contributed by atoms with Crippen LogP contribution in [0.15, 0.2) is 85.3 Å². The molecule has 5 aliphatic rings. The lowest BCUT2D eigenvalue weighted by Crippen LogP contribution is -2.54. The van der Waals surface area contributed by atoms with Gasteiger partial charge in [-0.25, -0.2) is 4.58 Å². The molecule has 1 saturated carbocycles. The molecule has 1 aromatic heterocycles. The number of imide groups is 2. The molecule has 0 spiro atoms. The van der Waals surface area contributed by atoms with Crippen molar-refractivity contribution >= 4 is 58.1 Å². The van der Waals surface area contributed by atoms with Crippen molar-refractivity contribution in [2.24, 2.45) is 0 Å². The molecule has 5 heterocycles. The van der Waals surface area contributed by atoms with Crippen LogP contribution < -0.4 is 26.4 Å². The Morgan fingerprint density at radius 1 is 0.791 bits per heavy atom. The van der Waals surface area contributed by atoms with Gasteiger partial charge in [0.2, 0.25) is 24.0 Å². The Hall–Kier alpha value is -6.86. The molecule has 18 nitrogen and oxygen atoms in total. The van der Waals surface area contributed by atoms with Gasteiger partial charge in [0.1, 0.15) is 35.1 Å². The fourth-order valence-electron chi connectivity index (χ4n) is 9.44. The second kappa shape index (κ2) is 20.8. The van der Waals surface area contributed by atoms with Crippen molar-refractivity contribution in [3.05, 3.63) is 108 Å². The molecule has 4 aromatic rings. The van der Waals surface area contributed by atoms with Gasteiger partial charge < -0.3 is 30.6 Å². The van der Waals surface area contributed by atoms with Gasteiger partial charge in [0.05, 0.1) is 49.8 Å². The molecule has 3 aromatic carbocycles. The Morgan fingerprint density at radius 3 is 2.30 bits per heavy atom. The third-order valence-corrected chi connectivity index (χ3v) is 13.0. The van der Waals surface area contributed by atoms with Gasteiger partial charge in [0.15, 0.2) is 0 Å². The lowest BCUT2D eigenvalue weighted by molar-refractivity contribution is -0.363. The number of nitrogen functional groups attached to an aromatic ring is 1. The van der Waals surface area contributed by atoms with Crippen LogP contribution in [0.1, 0.15) is 70.4 Å². The van der Waals surface area contributed by atoms with Crippen LogP contribution in [0.25, 0.3) is 5.57 Å². The number of nitrogens with two attached hydrogens (primary N) is 1. The van der Waals surface area contributed by atoms with Gasteiger partial charge >= 0.3 is 5.82 Å². The molecule has 18 heteroatoms. The highest BCUT2D eigenvalue weighted by Gasteiger charge is 2.45. The average Bonchev–Trinajstić information content (AvgIpc) is 3.86. The number of hydrogen-bond donors (Lipinski definition) is 4. The fraction of sp³-hybridized carbons (Fsp3) is 0.388. The number of anilines is 2.